The van der Waals surface area contributed by atoms with E-state index in [0.717, 1.165) is 5.56 Å². The molecular weight excluding hydrogens is 504 g/mol. The van der Waals surface area contributed by atoms with Crippen molar-refractivity contribution in [1.82, 2.24) is 21.3 Å². The summed E-state index contributed by atoms with van der Waals surface area (Å²) in [5, 5.41) is 29.2. The van der Waals surface area contributed by atoms with Crippen LogP contribution in [0.5, 0.6) is 5.75 Å². The molecule has 0 heterocycles. The Kier molecular flexibility index (Phi) is 11.5. The summed E-state index contributed by atoms with van der Waals surface area (Å²) in [4.78, 5) is 62.4. The molecule has 2 rings (SSSR count). The van der Waals surface area contributed by atoms with Gasteiger partial charge in [0.25, 0.3) is 0 Å². The number of phenols is 1. The lowest BCUT2D eigenvalue weighted by atomic mass is 10.0. The number of benzene rings is 2. The maximum absolute atomic E-state index is 13.1. The molecule has 210 valence electrons. The van der Waals surface area contributed by atoms with Gasteiger partial charge in [-0.15, -0.1) is 0 Å². The van der Waals surface area contributed by atoms with Gasteiger partial charge in [0.05, 0.1) is 0 Å². The number of aliphatic carboxylic acids is 1. The van der Waals surface area contributed by atoms with Crippen LogP contribution in [0.1, 0.15) is 38.8 Å². The Labute approximate surface area is 227 Å². The van der Waals surface area contributed by atoms with Crippen LogP contribution >= 0.6 is 0 Å². The molecule has 2 aromatic rings. The first-order valence-corrected chi connectivity index (χ1v) is 12.6. The van der Waals surface area contributed by atoms with E-state index in [1.54, 1.807) is 56.3 Å². The Morgan fingerprint density at radius 2 is 1.21 bits per heavy atom. The number of amides is 4. The number of phenolic OH excluding ortho intramolecular Hbond substituents is 1. The van der Waals surface area contributed by atoms with Crippen LogP contribution < -0.4 is 21.3 Å². The molecule has 11 nitrogen and oxygen atoms in total. The average molecular weight is 541 g/mol. The third kappa shape index (κ3) is 10.1. The van der Waals surface area contributed by atoms with Crippen molar-refractivity contribution in [3.63, 3.8) is 0 Å². The van der Waals surface area contributed by atoms with Gasteiger partial charge in [0.1, 0.15) is 29.9 Å². The minimum atomic E-state index is -1.19. The molecule has 4 amide bonds. The predicted octanol–water partition coefficient (Wildman–Crippen LogP) is 0.897. The zero-order chi connectivity index (χ0) is 29.1. The molecule has 0 unspecified atom stereocenters. The fourth-order valence-electron chi connectivity index (χ4n) is 3.83. The Bertz CT molecular complexity index is 1150. The first-order valence-electron chi connectivity index (χ1n) is 12.6. The highest BCUT2D eigenvalue weighted by atomic mass is 16.4. The number of carboxylic acid groups (broad SMARTS) is 1. The van der Waals surface area contributed by atoms with E-state index in [0.29, 0.717) is 5.56 Å². The second-order valence-electron chi connectivity index (χ2n) is 9.67. The number of hydrogen-bond acceptors (Lipinski definition) is 6. The molecule has 0 aromatic heterocycles. The molecule has 0 aliphatic carbocycles. The highest BCUT2D eigenvalue weighted by Gasteiger charge is 2.30. The summed E-state index contributed by atoms with van der Waals surface area (Å²) < 4.78 is 0. The molecule has 6 N–H and O–H groups in total. The molecule has 0 spiro atoms. The van der Waals surface area contributed by atoms with Gasteiger partial charge in [0.2, 0.25) is 23.6 Å². The number of nitrogens with one attached hydrogen (secondary N) is 4. The number of aromatic hydroxyl groups is 1. The van der Waals surface area contributed by atoms with Crippen LogP contribution in [0, 0.1) is 5.92 Å². The summed E-state index contributed by atoms with van der Waals surface area (Å²) in [5.74, 6) is -3.92. The molecule has 0 bridgehead atoms. The molecule has 0 radical (unpaired) electrons. The van der Waals surface area contributed by atoms with E-state index in [-0.39, 0.29) is 18.6 Å². The first-order chi connectivity index (χ1) is 18.4. The maximum Gasteiger partial charge on any atom is 0.326 e. The molecule has 2 aromatic carbocycles. The van der Waals surface area contributed by atoms with Crippen molar-refractivity contribution in [3.05, 3.63) is 65.7 Å². The molecule has 4 atom stereocenters. The Morgan fingerprint density at radius 1 is 0.692 bits per heavy atom. The lowest BCUT2D eigenvalue weighted by Crippen LogP contribution is -2.58. The number of hydrogen-bond donors (Lipinski definition) is 6. The summed E-state index contributed by atoms with van der Waals surface area (Å²) in [6.07, 6.45) is 0.212. The third-order valence-corrected chi connectivity index (χ3v) is 5.97. The number of rotatable bonds is 13. The van der Waals surface area contributed by atoms with Gasteiger partial charge < -0.3 is 31.5 Å². The van der Waals surface area contributed by atoms with Gasteiger partial charge >= 0.3 is 5.97 Å². The van der Waals surface area contributed by atoms with Gasteiger partial charge in [-0.2, -0.15) is 0 Å². The monoisotopic (exact) mass is 540 g/mol. The second-order valence-corrected chi connectivity index (χ2v) is 9.67. The predicted molar refractivity (Wildman–Crippen MR) is 144 cm³/mol. The summed E-state index contributed by atoms with van der Waals surface area (Å²) in [6.45, 7) is 6.02. The lowest BCUT2D eigenvalue weighted by Gasteiger charge is -2.25. The maximum atomic E-state index is 13.1. The number of carbonyl (C=O) groups excluding carboxylic acids is 4. The summed E-state index contributed by atoms with van der Waals surface area (Å²) >= 11 is 0. The van der Waals surface area contributed by atoms with Crippen molar-refractivity contribution < 1.29 is 34.2 Å². The quantitative estimate of drug-likeness (QED) is 0.219. The van der Waals surface area contributed by atoms with Gasteiger partial charge in [-0.1, -0.05) is 56.3 Å². The minimum absolute atomic E-state index is 0.0572. The SMILES string of the molecule is CC(=O)N[C@@H](Cc1ccc(O)cc1)C(=O)N[C@@H](C)C(=O)N[C@@H](Cc1ccccc1)C(=O)N[C@H](C(=O)O)C(C)C. The summed E-state index contributed by atoms with van der Waals surface area (Å²) in [5.41, 5.74) is 1.42. The van der Waals surface area contributed by atoms with E-state index < -0.39 is 59.7 Å². The third-order valence-electron chi connectivity index (χ3n) is 5.97. The van der Waals surface area contributed by atoms with Crippen LogP contribution in [0.3, 0.4) is 0 Å². The van der Waals surface area contributed by atoms with E-state index >= 15 is 0 Å². The largest absolute Gasteiger partial charge is 0.508 e. The Balaban J connectivity index is 2.14. The smallest absolute Gasteiger partial charge is 0.326 e. The topological polar surface area (TPSA) is 174 Å². The van der Waals surface area contributed by atoms with E-state index in [1.165, 1.54) is 26.0 Å². The standard InChI is InChI=1S/C28H36N4O7/c1-16(2)24(28(38)39)32-27(37)23(14-19-8-6-5-7-9-19)31-25(35)17(3)29-26(36)22(30-18(4)33)15-20-10-12-21(34)13-11-20/h5-13,16-17,22-24,34H,14-15H2,1-4H3,(H,29,36)(H,30,33)(H,31,35)(H,32,37)(H,38,39)/t17-,22-,23-,24-/m0/s1. The van der Waals surface area contributed by atoms with E-state index in [2.05, 4.69) is 21.3 Å². The average Bonchev–Trinajstić information content (AvgIpc) is 2.87. The Morgan fingerprint density at radius 3 is 1.72 bits per heavy atom. The lowest BCUT2D eigenvalue weighted by molar-refractivity contribution is -0.143. The zero-order valence-electron chi connectivity index (χ0n) is 22.4. The zero-order valence-corrected chi connectivity index (χ0v) is 22.4. The normalized spacial score (nSPS) is 13.9. The van der Waals surface area contributed by atoms with E-state index in [1.807, 2.05) is 0 Å². The van der Waals surface area contributed by atoms with Crippen LogP contribution in [-0.2, 0) is 36.8 Å². The van der Waals surface area contributed by atoms with Crippen LogP contribution in [0.2, 0.25) is 0 Å². The van der Waals surface area contributed by atoms with Gasteiger partial charge in [0, 0.05) is 19.8 Å². The van der Waals surface area contributed by atoms with Crippen molar-refractivity contribution in [2.45, 2.75) is 64.7 Å². The molecule has 39 heavy (non-hydrogen) atoms. The molecule has 0 saturated heterocycles. The molecule has 0 aliphatic rings. The van der Waals surface area contributed by atoms with Crippen LogP contribution in [0.15, 0.2) is 54.6 Å². The van der Waals surface area contributed by atoms with Gasteiger partial charge in [-0.3, -0.25) is 19.2 Å². The summed E-state index contributed by atoms with van der Waals surface area (Å²) in [6, 6.07) is 10.7. The van der Waals surface area contributed by atoms with Crippen molar-refractivity contribution in [3.8, 4) is 5.75 Å². The fourth-order valence-corrected chi connectivity index (χ4v) is 3.83. The van der Waals surface area contributed by atoms with Crippen molar-refractivity contribution >= 4 is 29.6 Å². The van der Waals surface area contributed by atoms with Crippen LogP contribution in [0.4, 0.5) is 0 Å². The number of carbonyl (C=O) groups is 5. The molecule has 11 heteroatoms. The minimum Gasteiger partial charge on any atom is -0.508 e. The highest BCUT2D eigenvalue weighted by Crippen LogP contribution is 2.12. The first kappa shape index (κ1) is 30.8. The van der Waals surface area contributed by atoms with Crippen molar-refractivity contribution in [2.24, 2.45) is 5.92 Å². The Hall–Kier alpha value is -4.41. The van der Waals surface area contributed by atoms with Crippen LogP contribution in [-0.4, -0.2) is 64.0 Å². The van der Waals surface area contributed by atoms with Gasteiger partial charge in [-0.25, -0.2) is 4.79 Å². The van der Waals surface area contributed by atoms with Crippen molar-refractivity contribution in [1.29, 1.82) is 0 Å². The van der Waals surface area contributed by atoms with E-state index in [9.17, 15) is 34.2 Å². The van der Waals surface area contributed by atoms with E-state index in [4.69, 9.17) is 0 Å². The van der Waals surface area contributed by atoms with Crippen LogP contribution in [0.25, 0.3) is 0 Å². The molecule has 0 fully saturated rings. The van der Waals surface area contributed by atoms with Gasteiger partial charge in [0.15, 0.2) is 0 Å². The second kappa shape index (κ2) is 14.5. The number of carboxylic acids is 1. The summed E-state index contributed by atoms with van der Waals surface area (Å²) in [7, 11) is 0. The molecule has 0 aliphatic heterocycles. The fraction of sp³-hybridized carbons (Fsp3) is 0.393. The van der Waals surface area contributed by atoms with Gasteiger partial charge in [-0.05, 0) is 36.1 Å². The molecular formula is C28H36N4O7. The van der Waals surface area contributed by atoms with Crippen molar-refractivity contribution in [2.75, 3.05) is 0 Å². The molecule has 0 saturated carbocycles. The highest BCUT2D eigenvalue weighted by molar-refractivity contribution is 5.95.